The first-order chi connectivity index (χ1) is 15.1. The molecule has 4 nitrogen and oxygen atoms in total. The highest BCUT2D eigenvalue weighted by Gasteiger charge is 2.40. The highest BCUT2D eigenvalue weighted by Crippen LogP contribution is 2.44. The molecule has 0 spiro atoms. The molecule has 0 radical (unpaired) electrons. The van der Waals surface area contributed by atoms with Crippen molar-refractivity contribution in [3.8, 4) is 5.75 Å². The van der Waals surface area contributed by atoms with Crippen molar-refractivity contribution in [2.75, 3.05) is 16.8 Å². The fraction of sp³-hybridized carbons (Fsp3) is 0.296. The van der Waals surface area contributed by atoms with Gasteiger partial charge in [-0.15, -0.1) is 0 Å². The van der Waals surface area contributed by atoms with E-state index in [1.165, 1.54) is 0 Å². The monoisotopic (exact) mass is 414 g/mol. The number of fused-ring (bicyclic) bond motifs is 1. The Morgan fingerprint density at radius 1 is 0.935 bits per heavy atom. The number of carbonyl (C=O) groups is 1. The maximum absolute atomic E-state index is 13.7. The molecule has 0 bridgehead atoms. The second-order valence-electron chi connectivity index (χ2n) is 8.01. The van der Waals surface area contributed by atoms with Gasteiger partial charge >= 0.3 is 0 Å². The number of nitrogens with zero attached hydrogens (tertiary/aromatic N) is 1. The number of rotatable bonds is 6. The molecule has 1 N–H and O–H groups in total. The van der Waals surface area contributed by atoms with Crippen molar-refractivity contribution in [3.63, 3.8) is 0 Å². The van der Waals surface area contributed by atoms with Crippen LogP contribution in [0.1, 0.15) is 49.2 Å². The lowest BCUT2D eigenvalue weighted by Gasteiger charge is -2.45. The van der Waals surface area contributed by atoms with E-state index in [0.29, 0.717) is 12.2 Å². The maximum atomic E-state index is 13.7. The van der Waals surface area contributed by atoms with E-state index in [9.17, 15) is 4.79 Å². The van der Waals surface area contributed by atoms with Gasteiger partial charge in [0.2, 0.25) is 0 Å². The van der Waals surface area contributed by atoms with Gasteiger partial charge in [0.1, 0.15) is 5.75 Å². The molecule has 0 fully saturated rings. The molecule has 31 heavy (non-hydrogen) atoms. The Bertz CT molecular complexity index is 1020. The van der Waals surface area contributed by atoms with Crippen LogP contribution >= 0.6 is 0 Å². The number of hydrogen-bond donors (Lipinski definition) is 1. The summed E-state index contributed by atoms with van der Waals surface area (Å²) in [5.74, 6) is 1.06. The van der Waals surface area contributed by atoms with Gasteiger partial charge in [-0.05, 0) is 61.4 Å². The van der Waals surface area contributed by atoms with Gasteiger partial charge < -0.3 is 15.0 Å². The van der Waals surface area contributed by atoms with E-state index in [1.54, 1.807) is 0 Å². The van der Waals surface area contributed by atoms with E-state index in [1.807, 2.05) is 60.4 Å². The highest BCUT2D eigenvalue weighted by molar-refractivity contribution is 6.07. The molecule has 3 aromatic rings. The van der Waals surface area contributed by atoms with Gasteiger partial charge in [0.05, 0.1) is 12.6 Å². The largest absolute Gasteiger partial charge is 0.494 e. The Morgan fingerprint density at radius 2 is 1.61 bits per heavy atom. The quantitative estimate of drug-likeness (QED) is 0.514. The number of nitrogens with one attached hydrogen (secondary N) is 1. The first kappa shape index (κ1) is 21.0. The predicted molar refractivity (Wildman–Crippen MR) is 127 cm³/mol. The summed E-state index contributed by atoms with van der Waals surface area (Å²) < 4.78 is 5.54. The minimum Gasteiger partial charge on any atom is -0.494 e. The summed E-state index contributed by atoms with van der Waals surface area (Å²) in [5, 5.41) is 3.72. The molecule has 4 rings (SSSR count). The lowest BCUT2D eigenvalue weighted by Crippen LogP contribution is -2.50. The third-order valence-electron chi connectivity index (χ3n) is 6.14. The zero-order chi connectivity index (χ0) is 21.8. The number of para-hydroxylation sites is 2. The lowest BCUT2D eigenvalue weighted by atomic mass is 9.80. The Hall–Kier alpha value is -3.27. The zero-order valence-electron chi connectivity index (χ0n) is 18.4. The van der Waals surface area contributed by atoms with Crippen molar-refractivity contribution in [1.29, 1.82) is 0 Å². The van der Waals surface area contributed by atoms with Crippen LogP contribution in [-0.4, -0.2) is 18.6 Å². The number of benzene rings is 3. The third-order valence-corrected chi connectivity index (χ3v) is 6.14. The minimum atomic E-state index is 0.0346. The summed E-state index contributed by atoms with van der Waals surface area (Å²) >= 11 is 0. The van der Waals surface area contributed by atoms with Crippen LogP contribution in [0.25, 0.3) is 0 Å². The number of carbonyl (C=O) groups excluding carboxylic acids is 1. The van der Waals surface area contributed by atoms with Crippen LogP contribution < -0.4 is 15.0 Å². The highest BCUT2D eigenvalue weighted by atomic mass is 16.5. The normalized spacial score (nSPS) is 20.1. The van der Waals surface area contributed by atoms with E-state index in [2.05, 4.69) is 49.5 Å². The second kappa shape index (κ2) is 9.25. The molecule has 0 saturated heterocycles. The second-order valence-corrected chi connectivity index (χ2v) is 8.01. The predicted octanol–water partition coefficient (Wildman–Crippen LogP) is 6.31. The van der Waals surface area contributed by atoms with Crippen molar-refractivity contribution in [1.82, 2.24) is 0 Å². The topological polar surface area (TPSA) is 41.6 Å². The summed E-state index contributed by atoms with van der Waals surface area (Å²) in [6, 6.07) is 26.3. The van der Waals surface area contributed by atoms with Crippen molar-refractivity contribution in [2.45, 2.75) is 39.3 Å². The van der Waals surface area contributed by atoms with Crippen LogP contribution in [0.3, 0.4) is 0 Å². The molecule has 1 aliphatic heterocycles. The Balaban J connectivity index is 1.71. The number of hydrogen-bond acceptors (Lipinski definition) is 3. The zero-order valence-corrected chi connectivity index (χ0v) is 18.4. The minimum absolute atomic E-state index is 0.0346. The SMILES string of the molecule is CCOc1ccc(C(=O)N2c3ccccc3[C@H](Nc3ccccc3)[C@H](C)[C@H]2CC)cc1. The Morgan fingerprint density at radius 3 is 2.29 bits per heavy atom. The molecule has 0 aromatic heterocycles. The molecule has 1 aliphatic rings. The van der Waals surface area contributed by atoms with E-state index in [-0.39, 0.29) is 23.9 Å². The fourth-order valence-corrected chi connectivity index (χ4v) is 4.63. The molecule has 0 unspecified atom stereocenters. The van der Waals surface area contributed by atoms with Gasteiger partial charge in [-0.2, -0.15) is 0 Å². The summed E-state index contributed by atoms with van der Waals surface area (Å²) in [7, 11) is 0. The first-order valence-corrected chi connectivity index (χ1v) is 11.1. The average molecular weight is 415 g/mol. The van der Waals surface area contributed by atoms with Crippen molar-refractivity contribution < 1.29 is 9.53 Å². The van der Waals surface area contributed by atoms with E-state index in [0.717, 1.165) is 29.1 Å². The molecule has 160 valence electrons. The Kier molecular flexibility index (Phi) is 6.26. The van der Waals surface area contributed by atoms with Crippen LogP contribution in [0.2, 0.25) is 0 Å². The fourth-order valence-electron chi connectivity index (χ4n) is 4.63. The number of amides is 1. The van der Waals surface area contributed by atoms with Gasteiger partial charge in [0.15, 0.2) is 0 Å². The standard InChI is InChI=1S/C27H30N2O2/c1-4-24-19(3)26(28-21-11-7-6-8-12-21)23-13-9-10-14-25(23)29(24)27(30)20-15-17-22(18-16-20)31-5-2/h6-19,24,26,28H,4-5H2,1-3H3/t19-,24-,26-/m1/s1. The van der Waals surface area contributed by atoms with E-state index < -0.39 is 0 Å². The van der Waals surface area contributed by atoms with Gasteiger partial charge in [0.25, 0.3) is 5.91 Å². The number of anilines is 2. The summed E-state index contributed by atoms with van der Waals surface area (Å²) in [6.45, 7) is 6.96. The van der Waals surface area contributed by atoms with Crippen LogP contribution in [0.15, 0.2) is 78.9 Å². The average Bonchev–Trinajstić information content (AvgIpc) is 2.81. The van der Waals surface area contributed by atoms with Gasteiger partial charge in [-0.1, -0.05) is 50.2 Å². The third kappa shape index (κ3) is 4.15. The van der Waals surface area contributed by atoms with Gasteiger partial charge in [-0.25, -0.2) is 0 Å². The van der Waals surface area contributed by atoms with Crippen LogP contribution in [-0.2, 0) is 0 Å². The van der Waals surface area contributed by atoms with Crippen LogP contribution in [0, 0.1) is 5.92 Å². The van der Waals surface area contributed by atoms with Gasteiger partial charge in [-0.3, -0.25) is 4.79 Å². The van der Waals surface area contributed by atoms with Crippen LogP contribution in [0.5, 0.6) is 5.75 Å². The molecular weight excluding hydrogens is 384 g/mol. The molecule has 0 aliphatic carbocycles. The molecule has 4 heteroatoms. The van der Waals surface area contributed by atoms with Crippen molar-refractivity contribution >= 4 is 17.3 Å². The molecule has 1 amide bonds. The van der Waals surface area contributed by atoms with Gasteiger partial charge in [0, 0.05) is 28.9 Å². The lowest BCUT2D eigenvalue weighted by molar-refractivity contribution is 0.0960. The molecule has 0 saturated carbocycles. The maximum Gasteiger partial charge on any atom is 0.258 e. The van der Waals surface area contributed by atoms with E-state index in [4.69, 9.17) is 4.74 Å². The van der Waals surface area contributed by atoms with Crippen molar-refractivity contribution in [3.05, 3.63) is 90.0 Å². The summed E-state index contributed by atoms with van der Waals surface area (Å²) in [4.78, 5) is 15.7. The molecule has 3 atom stereocenters. The molecule has 3 aromatic carbocycles. The molecular formula is C27H30N2O2. The molecule has 1 heterocycles. The van der Waals surface area contributed by atoms with Crippen LogP contribution in [0.4, 0.5) is 11.4 Å². The van der Waals surface area contributed by atoms with Crippen molar-refractivity contribution in [2.24, 2.45) is 5.92 Å². The first-order valence-electron chi connectivity index (χ1n) is 11.1. The summed E-state index contributed by atoms with van der Waals surface area (Å²) in [6.07, 6.45) is 0.880. The smallest absolute Gasteiger partial charge is 0.258 e. The number of ether oxygens (including phenoxy) is 1. The summed E-state index contributed by atoms with van der Waals surface area (Å²) in [5.41, 5.74) is 3.91. The van der Waals surface area contributed by atoms with E-state index >= 15 is 0 Å². The Labute approximate surface area is 184 Å².